The van der Waals surface area contributed by atoms with Gasteiger partial charge in [0.25, 0.3) is 0 Å². The van der Waals surface area contributed by atoms with Crippen LogP contribution in [0.4, 0.5) is 0 Å². The second kappa shape index (κ2) is 8.09. The summed E-state index contributed by atoms with van der Waals surface area (Å²) in [4.78, 5) is 10.8. The number of carbonyl (C=O) groups is 1. The lowest BCUT2D eigenvalue weighted by Crippen LogP contribution is -2.56. The van der Waals surface area contributed by atoms with Crippen molar-refractivity contribution < 1.29 is 4.79 Å². The quantitative estimate of drug-likeness (QED) is 0.220. The zero-order valence-corrected chi connectivity index (χ0v) is 12.1. The maximum atomic E-state index is 10.8. The Kier molecular flexibility index (Phi) is 6.11. The summed E-state index contributed by atoms with van der Waals surface area (Å²) in [6.45, 7) is 1.96. The molecule has 6 heteroatoms. The first kappa shape index (κ1) is 15.1. The Morgan fingerprint density at radius 1 is 1.15 bits per heavy atom. The van der Waals surface area contributed by atoms with Gasteiger partial charge in [0, 0.05) is 12.0 Å². The summed E-state index contributed by atoms with van der Waals surface area (Å²) in [7, 11) is 0. The van der Waals surface area contributed by atoms with Crippen LogP contribution in [-0.2, 0) is 4.79 Å². The van der Waals surface area contributed by atoms with Gasteiger partial charge < -0.3 is 21.3 Å². The molecule has 6 nitrogen and oxygen atoms in total. The summed E-state index contributed by atoms with van der Waals surface area (Å²) in [5.41, 5.74) is 0. The summed E-state index contributed by atoms with van der Waals surface area (Å²) in [5.74, 6) is 0.727. The highest BCUT2D eigenvalue weighted by Crippen LogP contribution is 2.17. The average molecular weight is 281 g/mol. The third kappa shape index (κ3) is 4.67. The zero-order valence-electron chi connectivity index (χ0n) is 12.1. The van der Waals surface area contributed by atoms with Crippen molar-refractivity contribution in [3.63, 3.8) is 0 Å². The lowest BCUT2D eigenvalue weighted by Gasteiger charge is -2.32. The highest BCUT2D eigenvalue weighted by Gasteiger charge is 2.24. The van der Waals surface area contributed by atoms with Gasteiger partial charge in [0.15, 0.2) is 5.96 Å². The highest BCUT2D eigenvalue weighted by atomic mass is 16.1. The molecule has 20 heavy (non-hydrogen) atoms. The first-order chi connectivity index (χ1) is 9.79. The van der Waals surface area contributed by atoms with Crippen LogP contribution in [0, 0.1) is 11.3 Å². The molecule has 1 aliphatic carbocycles. The number of guanidine groups is 1. The third-order valence-corrected chi connectivity index (χ3v) is 4.36. The van der Waals surface area contributed by atoms with Crippen molar-refractivity contribution in [2.24, 2.45) is 5.92 Å². The van der Waals surface area contributed by atoms with Gasteiger partial charge in [0.2, 0.25) is 6.41 Å². The van der Waals surface area contributed by atoms with Crippen molar-refractivity contribution >= 4 is 12.4 Å². The topological polar surface area (TPSA) is 89.0 Å². The molecule has 1 saturated carbocycles. The molecule has 0 aromatic rings. The van der Waals surface area contributed by atoms with E-state index in [0.29, 0.717) is 17.9 Å². The molecular formula is C14H27N5O. The van der Waals surface area contributed by atoms with Crippen molar-refractivity contribution in [3.8, 4) is 0 Å². The largest absolute Gasteiger partial charge is 0.354 e. The molecule has 0 radical (unpaired) electrons. The SMILES string of the molecule is N=C(NC1CCCCC1)NC(NC=O)C1CCNCC1. The molecule has 2 aliphatic rings. The van der Waals surface area contributed by atoms with E-state index < -0.39 is 0 Å². The number of carbonyl (C=O) groups excluding carboxylic acids is 1. The Bertz CT molecular complexity index is 311. The maximum absolute atomic E-state index is 10.8. The second-order valence-corrected chi connectivity index (χ2v) is 5.85. The zero-order chi connectivity index (χ0) is 14.2. The van der Waals surface area contributed by atoms with E-state index in [1.807, 2.05) is 0 Å². The lowest BCUT2D eigenvalue weighted by atomic mass is 9.94. The Morgan fingerprint density at radius 3 is 2.50 bits per heavy atom. The van der Waals surface area contributed by atoms with Gasteiger partial charge in [-0.2, -0.15) is 0 Å². The van der Waals surface area contributed by atoms with Crippen LogP contribution in [-0.4, -0.2) is 37.7 Å². The first-order valence-electron chi connectivity index (χ1n) is 7.81. The summed E-state index contributed by atoms with van der Waals surface area (Å²) in [5, 5.41) is 20.6. The lowest BCUT2D eigenvalue weighted by molar-refractivity contribution is -0.110. The standard InChI is InChI=1S/C14H27N5O/c15-14(18-12-4-2-1-3-5-12)19-13(17-10-20)11-6-8-16-9-7-11/h10-13,16H,1-9H2,(H,17,20)(H3,15,18,19). The van der Waals surface area contributed by atoms with Gasteiger partial charge >= 0.3 is 0 Å². The predicted octanol–water partition coefficient (Wildman–Crippen LogP) is 0.505. The molecule has 0 aromatic carbocycles. The molecule has 2 fully saturated rings. The van der Waals surface area contributed by atoms with Crippen molar-refractivity contribution in [3.05, 3.63) is 0 Å². The number of rotatable bonds is 5. The summed E-state index contributed by atoms with van der Waals surface area (Å²) >= 11 is 0. The smallest absolute Gasteiger partial charge is 0.208 e. The Labute approximate surface area is 121 Å². The van der Waals surface area contributed by atoms with Crippen molar-refractivity contribution in [1.29, 1.82) is 5.41 Å². The molecule has 0 spiro atoms. The van der Waals surface area contributed by atoms with E-state index in [0.717, 1.165) is 45.2 Å². The first-order valence-corrected chi connectivity index (χ1v) is 7.81. The van der Waals surface area contributed by atoms with Crippen LogP contribution in [0.3, 0.4) is 0 Å². The van der Waals surface area contributed by atoms with Gasteiger partial charge in [-0.3, -0.25) is 10.2 Å². The minimum atomic E-state index is -0.141. The van der Waals surface area contributed by atoms with Crippen LogP contribution < -0.4 is 21.3 Å². The van der Waals surface area contributed by atoms with Gasteiger partial charge in [-0.1, -0.05) is 19.3 Å². The van der Waals surface area contributed by atoms with Crippen molar-refractivity contribution in [1.82, 2.24) is 21.3 Å². The van der Waals surface area contributed by atoms with Crippen LogP contribution in [0.25, 0.3) is 0 Å². The van der Waals surface area contributed by atoms with E-state index in [1.165, 1.54) is 19.3 Å². The number of hydrogen-bond donors (Lipinski definition) is 5. The molecule has 5 N–H and O–H groups in total. The molecule has 1 saturated heterocycles. The summed E-state index contributed by atoms with van der Waals surface area (Å²) in [6.07, 6.45) is 8.72. The molecular weight excluding hydrogens is 254 g/mol. The van der Waals surface area contributed by atoms with Crippen LogP contribution in [0.1, 0.15) is 44.9 Å². The molecule has 114 valence electrons. The molecule has 1 aliphatic heterocycles. The van der Waals surface area contributed by atoms with Crippen LogP contribution in [0.2, 0.25) is 0 Å². The molecule has 1 heterocycles. The van der Waals surface area contributed by atoms with E-state index in [1.54, 1.807) is 0 Å². The van der Waals surface area contributed by atoms with Gasteiger partial charge in [0.1, 0.15) is 6.17 Å². The fraction of sp³-hybridized carbons (Fsp3) is 0.857. The minimum Gasteiger partial charge on any atom is -0.354 e. The normalized spacial score (nSPS) is 22.8. The van der Waals surface area contributed by atoms with Crippen molar-refractivity contribution in [2.45, 2.75) is 57.2 Å². The third-order valence-electron chi connectivity index (χ3n) is 4.36. The van der Waals surface area contributed by atoms with E-state index >= 15 is 0 Å². The van der Waals surface area contributed by atoms with Gasteiger partial charge in [-0.15, -0.1) is 0 Å². The van der Waals surface area contributed by atoms with Crippen molar-refractivity contribution in [2.75, 3.05) is 13.1 Å². The Balaban J connectivity index is 1.79. The van der Waals surface area contributed by atoms with Crippen LogP contribution in [0.15, 0.2) is 0 Å². The second-order valence-electron chi connectivity index (χ2n) is 5.85. The fourth-order valence-corrected chi connectivity index (χ4v) is 3.19. The minimum absolute atomic E-state index is 0.141. The fourth-order valence-electron chi connectivity index (χ4n) is 3.19. The summed E-state index contributed by atoms with van der Waals surface area (Å²) in [6, 6.07) is 0.411. The van der Waals surface area contributed by atoms with E-state index in [4.69, 9.17) is 5.41 Å². The summed E-state index contributed by atoms with van der Waals surface area (Å²) < 4.78 is 0. The van der Waals surface area contributed by atoms with Gasteiger partial charge in [-0.25, -0.2) is 0 Å². The van der Waals surface area contributed by atoms with Crippen LogP contribution in [0.5, 0.6) is 0 Å². The molecule has 1 atom stereocenters. The Hall–Kier alpha value is -1.30. The van der Waals surface area contributed by atoms with Gasteiger partial charge in [-0.05, 0) is 38.8 Å². The molecule has 1 unspecified atom stereocenters. The Morgan fingerprint density at radius 2 is 1.85 bits per heavy atom. The number of amides is 1. The highest BCUT2D eigenvalue weighted by molar-refractivity contribution is 5.77. The van der Waals surface area contributed by atoms with Gasteiger partial charge in [0.05, 0.1) is 0 Å². The average Bonchev–Trinajstić information content (AvgIpc) is 2.49. The monoisotopic (exact) mass is 281 g/mol. The molecule has 2 rings (SSSR count). The molecule has 0 bridgehead atoms. The van der Waals surface area contributed by atoms with E-state index in [-0.39, 0.29) is 6.17 Å². The maximum Gasteiger partial charge on any atom is 0.208 e. The molecule has 1 amide bonds. The molecule has 0 aromatic heterocycles. The number of hydrogen-bond acceptors (Lipinski definition) is 3. The van der Waals surface area contributed by atoms with E-state index in [2.05, 4.69) is 21.3 Å². The number of piperidine rings is 1. The number of nitrogens with one attached hydrogen (secondary N) is 5. The van der Waals surface area contributed by atoms with E-state index in [9.17, 15) is 4.79 Å². The van der Waals surface area contributed by atoms with Crippen LogP contribution >= 0.6 is 0 Å². The predicted molar refractivity (Wildman–Crippen MR) is 79.5 cm³/mol.